The van der Waals surface area contributed by atoms with Crippen molar-refractivity contribution in [3.05, 3.63) is 35.4 Å². The number of hydrogen-bond acceptors (Lipinski definition) is 3. The average Bonchev–Trinajstić information content (AvgIpc) is 3.40. The van der Waals surface area contributed by atoms with E-state index in [1.54, 1.807) is 7.11 Å². The lowest BCUT2D eigenvalue weighted by molar-refractivity contribution is 0.0698. The highest BCUT2D eigenvalue weighted by Crippen LogP contribution is 2.49. The molecule has 2 rings (SSSR count). The van der Waals surface area contributed by atoms with Crippen LogP contribution >= 0.6 is 24.0 Å². The van der Waals surface area contributed by atoms with E-state index in [4.69, 9.17) is 14.5 Å². The van der Waals surface area contributed by atoms with E-state index in [0.717, 1.165) is 38.6 Å². The van der Waals surface area contributed by atoms with E-state index in [2.05, 4.69) is 48.7 Å². The first-order valence-corrected chi connectivity index (χ1v) is 9.37. The van der Waals surface area contributed by atoms with Gasteiger partial charge in [-0.3, -0.25) is 4.99 Å². The molecule has 0 bridgehead atoms. The van der Waals surface area contributed by atoms with Crippen molar-refractivity contribution in [1.82, 2.24) is 10.6 Å². The van der Waals surface area contributed by atoms with Gasteiger partial charge in [0.25, 0.3) is 0 Å². The Balaban J connectivity index is 0.00000338. The number of aryl methyl sites for hydroxylation is 1. The van der Waals surface area contributed by atoms with Crippen LogP contribution in [0, 0.1) is 6.92 Å². The minimum atomic E-state index is 0. The lowest BCUT2D eigenvalue weighted by Crippen LogP contribution is -2.38. The van der Waals surface area contributed by atoms with Crippen molar-refractivity contribution < 1.29 is 9.47 Å². The summed E-state index contributed by atoms with van der Waals surface area (Å²) < 4.78 is 10.4. The number of rotatable bonds is 11. The molecular weight excluding hydrogens is 441 g/mol. The van der Waals surface area contributed by atoms with Crippen LogP contribution in [0.1, 0.15) is 37.3 Å². The van der Waals surface area contributed by atoms with Gasteiger partial charge in [0.15, 0.2) is 5.96 Å². The molecule has 0 atom stereocenters. The van der Waals surface area contributed by atoms with Crippen molar-refractivity contribution in [1.29, 1.82) is 0 Å². The topological polar surface area (TPSA) is 54.9 Å². The first-order valence-electron chi connectivity index (χ1n) is 9.37. The molecule has 1 aromatic carbocycles. The fourth-order valence-electron chi connectivity index (χ4n) is 3.03. The molecule has 148 valence electrons. The van der Waals surface area contributed by atoms with E-state index < -0.39 is 0 Å². The van der Waals surface area contributed by atoms with Crippen molar-refractivity contribution in [3.8, 4) is 0 Å². The summed E-state index contributed by atoms with van der Waals surface area (Å²) >= 11 is 0. The second-order valence-corrected chi connectivity index (χ2v) is 6.68. The van der Waals surface area contributed by atoms with Gasteiger partial charge in [0.05, 0.1) is 19.8 Å². The maximum Gasteiger partial charge on any atom is 0.191 e. The maximum atomic E-state index is 5.49. The highest BCUT2D eigenvalue weighted by Gasteiger charge is 2.44. The molecule has 0 amide bonds. The summed E-state index contributed by atoms with van der Waals surface area (Å²) in [5.74, 6) is 0.902. The highest BCUT2D eigenvalue weighted by molar-refractivity contribution is 14.0. The molecule has 0 aromatic heterocycles. The van der Waals surface area contributed by atoms with E-state index in [1.165, 1.54) is 24.0 Å². The minimum Gasteiger partial charge on any atom is -0.382 e. The second kappa shape index (κ2) is 12.5. The molecule has 6 heteroatoms. The summed E-state index contributed by atoms with van der Waals surface area (Å²) in [6.45, 7) is 8.91. The van der Waals surface area contributed by atoms with Crippen molar-refractivity contribution in [3.63, 3.8) is 0 Å². The van der Waals surface area contributed by atoms with Gasteiger partial charge in [-0.25, -0.2) is 0 Å². The number of ether oxygens (including phenoxy) is 2. The standard InChI is InChI=1S/C20H33N3O2.HI/c1-4-21-19(22-12-7-13-25-15-14-24-3)23-16-20(10-11-20)18-9-6-5-8-17(18)2;/h5-6,8-9H,4,7,10-16H2,1-3H3,(H2,21,22,23);1H. The fraction of sp³-hybridized carbons (Fsp3) is 0.650. The number of aliphatic imine (C=N–C) groups is 1. The second-order valence-electron chi connectivity index (χ2n) is 6.68. The van der Waals surface area contributed by atoms with Gasteiger partial charge in [0.1, 0.15) is 0 Å². The van der Waals surface area contributed by atoms with Gasteiger partial charge in [-0.1, -0.05) is 24.3 Å². The van der Waals surface area contributed by atoms with Crippen LogP contribution in [0.15, 0.2) is 29.3 Å². The van der Waals surface area contributed by atoms with E-state index in [9.17, 15) is 0 Å². The van der Waals surface area contributed by atoms with E-state index >= 15 is 0 Å². The van der Waals surface area contributed by atoms with E-state index in [0.29, 0.717) is 13.2 Å². The van der Waals surface area contributed by atoms with Gasteiger partial charge in [-0.15, -0.1) is 24.0 Å². The predicted molar refractivity (Wildman–Crippen MR) is 119 cm³/mol. The zero-order valence-corrected chi connectivity index (χ0v) is 18.7. The van der Waals surface area contributed by atoms with Gasteiger partial charge in [0, 0.05) is 32.2 Å². The fourth-order valence-corrected chi connectivity index (χ4v) is 3.03. The van der Waals surface area contributed by atoms with E-state index in [1.807, 2.05) is 0 Å². The molecule has 0 aliphatic heterocycles. The molecule has 1 aliphatic carbocycles. The molecular formula is C20H34IN3O2. The molecule has 1 aliphatic rings. The third-order valence-corrected chi connectivity index (χ3v) is 4.64. The van der Waals surface area contributed by atoms with Crippen molar-refractivity contribution in [2.45, 2.75) is 38.5 Å². The third kappa shape index (κ3) is 7.40. The number of methoxy groups -OCH3 is 1. The molecule has 1 aromatic rings. The number of benzene rings is 1. The highest BCUT2D eigenvalue weighted by atomic mass is 127. The summed E-state index contributed by atoms with van der Waals surface area (Å²) in [5, 5.41) is 6.74. The van der Waals surface area contributed by atoms with Crippen LogP contribution in [-0.2, 0) is 14.9 Å². The Morgan fingerprint density at radius 3 is 2.58 bits per heavy atom. The molecule has 5 nitrogen and oxygen atoms in total. The predicted octanol–water partition coefficient (Wildman–Crippen LogP) is 3.25. The number of nitrogens with zero attached hydrogens (tertiary/aromatic N) is 1. The van der Waals surface area contributed by atoms with Crippen molar-refractivity contribution in [2.75, 3.05) is 46.6 Å². The van der Waals surface area contributed by atoms with E-state index in [-0.39, 0.29) is 29.4 Å². The van der Waals surface area contributed by atoms with Crippen LogP contribution in [0.3, 0.4) is 0 Å². The monoisotopic (exact) mass is 475 g/mol. The number of halogens is 1. The zero-order valence-electron chi connectivity index (χ0n) is 16.3. The first kappa shape index (κ1) is 23.2. The molecule has 0 unspecified atom stereocenters. The lowest BCUT2D eigenvalue weighted by Gasteiger charge is -2.18. The molecule has 1 saturated carbocycles. The van der Waals surface area contributed by atoms with Crippen molar-refractivity contribution >= 4 is 29.9 Å². The summed E-state index contributed by atoms with van der Waals surface area (Å²) in [7, 11) is 1.69. The largest absolute Gasteiger partial charge is 0.382 e. The molecule has 0 spiro atoms. The normalized spacial score (nSPS) is 15.3. The quantitative estimate of drug-likeness (QED) is 0.223. The van der Waals surface area contributed by atoms with Crippen molar-refractivity contribution in [2.24, 2.45) is 4.99 Å². The molecule has 1 fully saturated rings. The van der Waals surface area contributed by atoms with Gasteiger partial charge in [-0.2, -0.15) is 0 Å². The molecule has 0 radical (unpaired) electrons. The molecule has 26 heavy (non-hydrogen) atoms. The van der Waals surface area contributed by atoms with Crippen LogP contribution in [0.4, 0.5) is 0 Å². The number of nitrogens with one attached hydrogen (secondary N) is 2. The van der Waals surface area contributed by atoms with Gasteiger partial charge in [-0.05, 0) is 44.2 Å². The van der Waals surface area contributed by atoms with Crippen LogP contribution in [-0.4, -0.2) is 52.5 Å². The Kier molecular flexibility index (Phi) is 11.2. The Morgan fingerprint density at radius 2 is 1.92 bits per heavy atom. The van der Waals surface area contributed by atoms with Crippen LogP contribution in [0.25, 0.3) is 0 Å². The Morgan fingerprint density at radius 1 is 1.15 bits per heavy atom. The summed E-state index contributed by atoms with van der Waals surface area (Å²) in [5.41, 5.74) is 3.08. The SMILES string of the molecule is CCNC(=NCC1(c2ccccc2C)CC1)NCCCOCCOC.I. The Bertz CT molecular complexity index is 548. The molecule has 0 saturated heterocycles. The Labute approximate surface area is 175 Å². The lowest BCUT2D eigenvalue weighted by atomic mass is 9.92. The average molecular weight is 475 g/mol. The number of guanidine groups is 1. The van der Waals surface area contributed by atoms with Gasteiger partial charge in [0.2, 0.25) is 0 Å². The van der Waals surface area contributed by atoms with Gasteiger partial charge >= 0.3 is 0 Å². The summed E-state index contributed by atoms with van der Waals surface area (Å²) in [6.07, 6.45) is 3.42. The summed E-state index contributed by atoms with van der Waals surface area (Å²) in [4.78, 5) is 4.85. The molecule has 2 N–H and O–H groups in total. The number of hydrogen-bond donors (Lipinski definition) is 2. The maximum absolute atomic E-state index is 5.49. The molecule has 0 heterocycles. The zero-order chi connectivity index (χ0) is 18.0. The van der Waals surface area contributed by atoms with Crippen LogP contribution in [0.5, 0.6) is 0 Å². The van der Waals surface area contributed by atoms with Gasteiger partial charge < -0.3 is 20.1 Å². The third-order valence-electron chi connectivity index (χ3n) is 4.64. The van der Waals surface area contributed by atoms with Crippen LogP contribution < -0.4 is 10.6 Å². The van der Waals surface area contributed by atoms with Crippen LogP contribution in [0.2, 0.25) is 0 Å². The first-order chi connectivity index (χ1) is 12.2. The Hall–Kier alpha value is -0.860. The smallest absolute Gasteiger partial charge is 0.191 e. The summed E-state index contributed by atoms with van der Waals surface area (Å²) in [6, 6.07) is 8.71. The minimum absolute atomic E-state index is 0.